The lowest BCUT2D eigenvalue weighted by Gasteiger charge is -2.32. The molecule has 25 heavy (non-hydrogen) atoms. The predicted octanol–water partition coefficient (Wildman–Crippen LogP) is 2.97. The number of hydrogen-bond acceptors (Lipinski definition) is 4. The topological polar surface area (TPSA) is 59.1 Å². The second-order valence-electron chi connectivity index (χ2n) is 6.33. The minimum atomic E-state index is -0.249. The molecule has 0 bridgehead atoms. The first kappa shape index (κ1) is 19.4. The molecule has 0 saturated carbocycles. The molecule has 2 amide bonds. The van der Waals surface area contributed by atoms with E-state index in [2.05, 4.69) is 6.92 Å². The van der Waals surface area contributed by atoms with Crippen LogP contribution in [0.4, 0.5) is 5.69 Å². The third-order valence-electron chi connectivity index (χ3n) is 4.55. The summed E-state index contributed by atoms with van der Waals surface area (Å²) in [5.74, 6) is 1.15. The van der Waals surface area contributed by atoms with Gasteiger partial charge in [-0.25, -0.2) is 0 Å². The molecule has 1 saturated heterocycles. The van der Waals surface area contributed by atoms with Gasteiger partial charge in [-0.1, -0.05) is 18.5 Å². The Balaban J connectivity index is 2.26. The van der Waals surface area contributed by atoms with Crippen LogP contribution in [0.5, 0.6) is 11.5 Å². The molecule has 6 nitrogen and oxygen atoms in total. The van der Waals surface area contributed by atoms with Crippen molar-refractivity contribution in [2.24, 2.45) is 5.92 Å². The van der Waals surface area contributed by atoms with Crippen LogP contribution in [0.25, 0.3) is 0 Å². The molecule has 1 heterocycles. The van der Waals surface area contributed by atoms with Crippen molar-refractivity contribution in [3.8, 4) is 11.5 Å². The van der Waals surface area contributed by atoms with Gasteiger partial charge in [0.2, 0.25) is 11.8 Å². The Morgan fingerprint density at radius 2 is 1.80 bits per heavy atom. The van der Waals surface area contributed by atoms with E-state index in [4.69, 9.17) is 21.1 Å². The second-order valence-corrected chi connectivity index (χ2v) is 6.73. The Bertz CT molecular complexity index is 642. The summed E-state index contributed by atoms with van der Waals surface area (Å²) in [4.78, 5) is 28.1. The number of carbonyl (C=O) groups is 2. The first-order valence-corrected chi connectivity index (χ1v) is 8.72. The number of rotatable bonds is 5. The van der Waals surface area contributed by atoms with Crippen molar-refractivity contribution < 1.29 is 19.1 Å². The number of amides is 2. The first-order chi connectivity index (χ1) is 11.9. The summed E-state index contributed by atoms with van der Waals surface area (Å²) in [6, 6.07) is 3.20. The van der Waals surface area contributed by atoms with E-state index in [-0.39, 0.29) is 18.4 Å². The van der Waals surface area contributed by atoms with Gasteiger partial charge >= 0.3 is 0 Å². The first-order valence-electron chi connectivity index (χ1n) is 8.34. The third kappa shape index (κ3) is 4.57. The van der Waals surface area contributed by atoms with Crippen molar-refractivity contribution in [2.45, 2.75) is 26.7 Å². The summed E-state index contributed by atoms with van der Waals surface area (Å²) in [5, 5.41) is 0.378. The largest absolute Gasteiger partial charge is 0.495 e. The van der Waals surface area contributed by atoms with Gasteiger partial charge in [-0.05, 0) is 18.8 Å². The van der Waals surface area contributed by atoms with Crippen LogP contribution < -0.4 is 14.4 Å². The van der Waals surface area contributed by atoms with Crippen LogP contribution in [0.1, 0.15) is 26.7 Å². The van der Waals surface area contributed by atoms with Crippen molar-refractivity contribution in [1.82, 2.24) is 4.90 Å². The van der Waals surface area contributed by atoms with Crippen LogP contribution in [-0.4, -0.2) is 50.6 Å². The van der Waals surface area contributed by atoms with Gasteiger partial charge in [0.05, 0.1) is 24.9 Å². The molecule has 0 atom stereocenters. The zero-order valence-electron chi connectivity index (χ0n) is 15.2. The molecule has 0 aliphatic carbocycles. The van der Waals surface area contributed by atoms with Crippen LogP contribution in [0.3, 0.4) is 0 Å². The lowest BCUT2D eigenvalue weighted by atomic mass is 9.99. The van der Waals surface area contributed by atoms with Gasteiger partial charge in [0, 0.05) is 32.1 Å². The second kappa shape index (κ2) is 8.43. The molecule has 138 valence electrons. The van der Waals surface area contributed by atoms with Gasteiger partial charge < -0.3 is 14.4 Å². The lowest BCUT2D eigenvalue weighted by Crippen LogP contribution is -2.45. The van der Waals surface area contributed by atoms with E-state index >= 15 is 0 Å². The van der Waals surface area contributed by atoms with Crippen molar-refractivity contribution in [2.75, 3.05) is 38.8 Å². The monoisotopic (exact) mass is 368 g/mol. The maximum atomic E-state index is 12.6. The maximum Gasteiger partial charge on any atom is 0.242 e. The molecule has 0 aromatic heterocycles. The fourth-order valence-electron chi connectivity index (χ4n) is 2.91. The lowest BCUT2D eigenvalue weighted by molar-refractivity contribution is -0.132. The van der Waals surface area contributed by atoms with Gasteiger partial charge in [0.25, 0.3) is 0 Å². The summed E-state index contributed by atoms with van der Waals surface area (Å²) >= 11 is 6.12. The number of methoxy groups -OCH3 is 2. The predicted molar refractivity (Wildman–Crippen MR) is 97.6 cm³/mol. The fourth-order valence-corrected chi connectivity index (χ4v) is 3.15. The Labute approximate surface area is 153 Å². The number of benzene rings is 1. The van der Waals surface area contributed by atoms with E-state index < -0.39 is 0 Å². The number of likely N-dealkylation sites (tertiary alicyclic amines) is 1. The van der Waals surface area contributed by atoms with Crippen LogP contribution in [0.2, 0.25) is 5.02 Å². The Morgan fingerprint density at radius 3 is 2.32 bits per heavy atom. The molecule has 0 radical (unpaired) electrons. The smallest absolute Gasteiger partial charge is 0.242 e. The molecule has 1 aromatic rings. The van der Waals surface area contributed by atoms with Crippen LogP contribution in [-0.2, 0) is 9.59 Å². The molecule has 0 N–H and O–H groups in total. The van der Waals surface area contributed by atoms with Gasteiger partial charge in [-0.15, -0.1) is 0 Å². The summed E-state index contributed by atoms with van der Waals surface area (Å²) in [6.07, 6.45) is 1.98. The van der Waals surface area contributed by atoms with Gasteiger partial charge in [-0.2, -0.15) is 0 Å². The van der Waals surface area contributed by atoms with Crippen molar-refractivity contribution in [1.29, 1.82) is 0 Å². The van der Waals surface area contributed by atoms with Crippen molar-refractivity contribution in [3.63, 3.8) is 0 Å². The number of hydrogen-bond donors (Lipinski definition) is 0. The quantitative estimate of drug-likeness (QED) is 0.801. The summed E-state index contributed by atoms with van der Waals surface area (Å²) in [5.41, 5.74) is 0.468. The highest BCUT2D eigenvalue weighted by molar-refractivity contribution is 6.32. The highest BCUT2D eigenvalue weighted by Crippen LogP contribution is 2.38. The molecule has 0 spiro atoms. The standard InChI is InChI=1S/C18H25ClN2O4/c1-12-5-7-20(8-6-12)18(23)11-21(13(2)22)15-10-16(24-3)14(19)9-17(15)25-4/h9-10,12H,5-8,11H2,1-4H3. The number of carbonyl (C=O) groups excluding carboxylic acids is 2. The van der Waals surface area contributed by atoms with Gasteiger partial charge in [0.15, 0.2) is 0 Å². The third-order valence-corrected chi connectivity index (χ3v) is 4.85. The van der Waals surface area contributed by atoms with E-state index in [1.54, 1.807) is 12.1 Å². The number of anilines is 1. The Kier molecular flexibility index (Phi) is 6.53. The summed E-state index contributed by atoms with van der Waals surface area (Å²) in [6.45, 7) is 5.03. The van der Waals surface area contributed by atoms with Crippen molar-refractivity contribution >= 4 is 29.1 Å². The van der Waals surface area contributed by atoms with Crippen LogP contribution in [0.15, 0.2) is 12.1 Å². The molecular formula is C18H25ClN2O4. The average Bonchev–Trinajstić information content (AvgIpc) is 2.59. The fraction of sp³-hybridized carbons (Fsp3) is 0.556. The minimum Gasteiger partial charge on any atom is -0.495 e. The highest BCUT2D eigenvalue weighted by Gasteiger charge is 2.26. The van der Waals surface area contributed by atoms with E-state index in [1.807, 2.05) is 4.90 Å². The molecule has 1 aliphatic rings. The van der Waals surface area contributed by atoms with E-state index in [0.717, 1.165) is 25.9 Å². The molecule has 1 fully saturated rings. The highest BCUT2D eigenvalue weighted by atomic mass is 35.5. The molecular weight excluding hydrogens is 344 g/mol. The van der Waals surface area contributed by atoms with E-state index in [0.29, 0.717) is 28.1 Å². The molecule has 2 rings (SSSR count). The molecule has 0 unspecified atom stereocenters. The van der Waals surface area contributed by atoms with Crippen molar-refractivity contribution in [3.05, 3.63) is 17.2 Å². The zero-order chi connectivity index (χ0) is 18.6. The molecule has 1 aliphatic heterocycles. The van der Waals surface area contributed by atoms with Gasteiger partial charge in [-0.3, -0.25) is 14.5 Å². The Morgan fingerprint density at radius 1 is 1.20 bits per heavy atom. The van der Waals surface area contributed by atoms with Crippen LogP contribution in [0, 0.1) is 5.92 Å². The Hall–Kier alpha value is -1.95. The van der Waals surface area contributed by atoms with E-state index in [9.17, 15) is 9.59 Å². The number of nitrogens with zero attached hydrogens (tertiary/aromatic N) is 2. The average molecular weight is 369 g/mol. The van der Waals surface area contributed by atoms with E-state index in [1.165, 1.54) is 26.0 Å². The summed E-state index contributed by atoms with van der Waals surface area (Å²) in [7, 11) is 2.99. The zero-order valence-corrected chi connectivity index (χ0v) is 15.9. The maximum absolute atomic E-state index is 12.6. The van der Waals surface area contributed by atoms with Crippen LogP contribution >= 0.6 is 11.6 Å². The molecule has 7 heteroatoms. The summed E-state index contributed by atoms with van der Waals surface area (Å²) < 4.78 is 10.6. The van der Waals surface area contributed by atoms with Gasteiger partial charge in [0.1, 0.15) is 18.0 Å². The number of ether oxygens (including phenoxy) is 2. The molecule has 1 aromatic carbocycles. The number of halogens is 1. The SMILES string of the molecule is COc1cc(N(CC(=O)N2CCC(C)CC2)C(C)=O)c(OC)cc1Cl. The minimum absolute atomic E-state index is 0.0368. The normalized spacial score (nSPS) is 15.0. The number of piperidine rings is 1.